The van der Waals surface area contributed by atoms with Crippen molar-refractivity contribution < 1.29 is 35.3 Å². The summed E-state index contributed by atoms with van der Waals surface area (Å²) >= 11 is 0.293. The summed E-state index contributed by atoms with van der Waals surface area (Å²) in [5.74, 6) is -8.19. The number of benzene rings is 2. The lowest BCUT2D eigenvalue weighted by atomic mass is 10.2. The first kappa shape index (κ1) is 19.3. The van der Waals surface area contributed by atoms with E-state index in [9.17, 15) is 26.0 Å². The molecule has 0 radical (unpaired) electrons. The van der Waals surface area contributed by atoms with Crippen LogP contribution in [0.3, 0.4) is 0 Å². The van der Waals surface area contributed by atoms with Crippen molar-refractivity contribution in [2.24, 2.45) is 0 Å². The van der Waals surface area contributed by atoms with E-state index in [-0.39, 0.29) is 10.6 Å². The zero-order chi connectivity index (χ0) is 18.9. The third-order valence-corrected chi connectivity index (χ3v) is 5.07. The Labute approximate surface area is 144 Å². The second-order valence-corrected chi connectivity index (χ2v) is 7.02. The first-order chi connectivity index (χ1) is 11.6. The molecule has 0 aromatic heterocycles. The van der Waals surface area contributed by atoms with E-state index in [0.717, 1.165) is 0 Å². The number of ether oxygens (including phenoxy) is 1. The van der Waals surface area contributed by atoms with E-state index >= 15 is 0 Å². The van der Waals surface area contributed by atoms with E-state index in [1.807, 2.05) is 0 Å². The summed E-state index contributed by atoms with van der Waals surface area (Å²) < 4.78 is 91.4. The van der Waals surface area contributed by atoms with Gasteiger partial charge in [0.05, 0.1) is 16.9 Å². The molecule has 2 aromatic rings. The SMILES string of the molecule is C=Cc1ccc(Sc2c(F)c(F)c(S(=O)(=O)O)c(F)c2F)c(OC)c1. The van der Waals surface area contributed by atoms with Gasteiger partial charge in [-0.15, -0.1) is 0 Å². The van der Waals surface area contributed by atoms with Gasteiger partial charge in [-0.25, -0.2) is 17.6 Å². The van der Waals surface area contributed by atoms with Gasteiger partial charge in [0.1, 0.15) is 5.75 Å². The predicted molar refractivity (Wildman–Crippen MR) is 83.3 cm³/mol. The fourth-order valence-corrected chi connectivity index (χ4v) is 3.50. The summed E-state index contributed by atoms with van der Waals surface area (Å²) in [5, 5.41) is 0. The Bertz CT molecular complexity index is 929. The molecule has 134 valence electrons. The minimum absolute atomic E-state index is 0.115. The van der Waals surface area contributed by atoms with Crippen LogP contribution in [0, 0.1) is 23.3 Å². The molecule has 2 rings (SSSR count). The van der Waals surface area contributed by atoms with Crippen molar-refractivity contribution in [2.75, 3.05) is 7.11 Å². The van der Waals surface area contributed by atoms with Crippen LogP contribution in [-0.2, 0) is 10.1 Å². The second kappa shape index (κ2) is 7.06. The lowest BCUT2D eigenvalue weighted by Crippen LogP contribution is -2.11. The maximum absolute atomic E-state index is 14.1. The van der Waals surface area contributed by atoms with Gasteiger partial charge in [0.15, 0.2) is 28.2 Å². The lowest BCUT2D eigenvalue weighted by molar-refractivity contribution is 0.384. The molecule has 0 saturated heterocycles. The summed E-state index contributed by atoms with van der Waals surface area (Å²) in [6.07, 6.45) is 1.48. The third kappa shape index (κ3) is 3.65. The van der Waals surface area contributed by atoms with Gasteiger partial charge in [-0.2, -0.15) is 8.42 Å². The summed E-state index contributed by atoms with van der Waals surface area (Å²) in [5.41, 5.74) is 0.626. The molecule has 1 N–H and O–H groups in total. The minimum atomic E-state index is -5.50. The maximum atomic E-state index is 14.1. The van der Waals surface area contributed by atoms with Gasteiger partial charge < -0.3 is 4.74 Å². The highest BCUT2D eigenvalue weighted by molar-refractivity contribution is 7.99. The molecule has 4 nitrogen and oxygen atoms in total. The van der Waals surface area contributed by atoms with Crippen molar-refractivity contribution >= 4 is 28.0 Å². The van der Waals surface area contributed by atoms with Crippen LogP contribution in [0.2, 0.25) is 0 Å². The molecule has 25 heavy (non-hydrogen) atoms. The smallest absolute Gasteiger partial charge is 0.300 e. The highest BCUT2D eigenvalue weighted by atomic mass is 32.2. The van der Waals surface area contributed by atoms with Gasteiger partial charge in [-0.3, -0.25) is 4.55 Å². The summed E-state index contributed by atoms with van der Waals surface area (Å²) in [7, 11) is -4.22. The van der Waals surface area contributed by atoms with E-state index in [4.69, 9.17) is 9.29 Å². The summed E-state index contributed by atoms with van der Waals surface area (Å²) in [4.78, 5) is -3.09. The molecule has 0 aliphatic heterocycles. The second-order valence-electron chi connectivity index (χ2n) is 4.61. The van der Waals surface area contributed by atoms with Crippen LogP contribution in [0.5, 0.6) is 5.75 Å². The largest absolute Gasteiger partial charge is 0.496 e. The van der Waals surface area contributed by atoms with Crippen molar-refractivity contribution in [3.63, 3.8) is 0 Å². The first-order valence-corrected chi connectivity index (χ1v) is 8.69. The lowest BCUT2D eigenvalue weighted by Gasteiger charge is -2.12. The van der Waals surface area contributed by atoms with Crippen molar-refractivity contribution in [1.82, 2.24) is 0 Å². The Hall–Kier alpha value is -2.04. The average molecular weight is 394 g/mol. The topological polar surface area (TPSA) is 63.6 Å². The van der Waals surface area contributed by atoms with Gasteiger partial charge in [0.25, 0.3) is 0 Å². The van der Waals surface area contributed by atoms with E-state index < -0.39 is 43.2 Å². The van der Waals surface area contributed by atoms with Crippen LogP contribution < -0.4 is 4.74 Å². The summed E-state index contributed by atoms with van der Waals surface area (Å²) in [6, 6.07) is 4.38. The van der Waals surface area contributed by atoms with Crippen molar-refractivity contribution in [3.8, 4) is 5.75 Å². The molecular formula is C15H10F4O4S2. The molecule has 2 aromatic carbocycles. The Morgan fingerprint density at radius 2 is 1.68 bits per heavy atom. The maximum Gasteiger partial charge on any atom is 0.300 e. The van der Waals surface area contributed by atoms with Crippen LogP contribution >= 0.6 is 11.8 Å². The zero-order valence-corrected chi connectivity index (χ0v) is 14.1. The fourth-order valence-electron chi connectivity index (χ4n) is 1.91. The Kier molecular flexibility index (Phi) is 5.45. The van der Waals surface area contributed by atoms with Crippen molar-refractivity contribution in [1.29, 1.82) is 0 Å². The number of rotatable bonds is 5. The Morgan fingerprint density at radius 3 is 2.12 bits per heavy atom. The van der Waals surface area contributed by atoms with E-state index in [0.29, 0.717) is 17.3 Å². The van der Waals surface area contributed by atoms with Gasteiger partial charge in [0, 0.05) is 0 Å². The molecule has 0 spiro atoms. The molecule has 0 aliphatic rings. The molecule has 0 fully saturated rings. The third-order valence-electron chi connectivity index (χ3n) is 3.08. The molecule has 0 unspecified atom stereocenters. The Morgan fingerprint density at radius 1 is 1.12 bits per heavy atom. The van der Waals surface area contributed by atoms with Crippen LogP contribution in [0.1, 0.15) is 5.56 Å². The molecule has 0 amide bonds. The average Bonchev–Trinajstić information content (AvgIpc) is 2.55. The fraction of sp³-hybridized carbons (Fsp3) is 0.0667. The van der Waals surface area contributed by atoms with Gasteiger partial charge in [-0.1, -0.05) is 30.5 Å². The van der Waals surface area contributed by atoms with Crippen LogP contribution in [0.4, 0.5) is 17.6 Å². The van der Waals surface area contributed by atoms with Crippen molar-refractivity contribution in [3.05, 3.63) is 53.6 Å². The molecule has 0 aliphatic carbocycles. The van der Waals surface area contributed by atoms with Gasteiger partial charge in [0.2, 0.25) is 0 Å². The molecule has 0 atom stereocenters. The van der Waals surface area contributed by atoms with Gasteiger partial charge >= 0.3 is 10.1 Å². The number of hydrogen-bond acceptors (Lipinski definition) is 4. The van der Waals surface area contributed by atoms with E-state index in [1.165, 1.54) is 31.4 Å². The molecule has 10 heteroatoms. The van der Waals surface area contributed by atoms with E-state index in [1.54, 1.807) is 0 Å². The van der Waals surface area contributed by atoms with Crippen molar-refractivity contribution in [2.45, 2.75) is 14.7 Å². The van der Waals surface area contributed by atoms with E-state index in [2.05, 4.69) is 6.58 Å². The summed E-state index contributed by atoms with van der Waals surface area (Å²) in [6.45, 7) is 3.54. The van der Waals surface area contributed by atoms with Gasteiger partial charge in [-0.05, 0) is 17.7 Å². The zero-order valence-electron chi connectivity index (χ0n) is 12.5. The highest BCUT2D eigenvalue weighted by Crippen LogP contribution is 2.41. The van der Waals surface area contributed by atoms with Crippen LogP contribution in [0.15, 0.2) is 39.5 Å². The minimum Gasteiger partial charge on any atom is -0.496 e. The normalized spacial score (nSPS) is 11.4. The molecule has 0 bridgehead atoms. The first-order valence-electron chi connectivity index (χ1n) is 6.43. The Balaban J connectivity index is 2.65. The predicted octanol–water partition coefficient (Wildman–Crippen LogP) is 4.29. The molecule has 0 saturated carbocycles. The monoisotopic (exact) mass is 394 g/mol. The quantitative estimate of drug-likeness (QED) is 0.466. The molecular weight excluding hydrogens is 384 g/mol. The standard InChI is InChI=1S/C15H10F4O4S2/c1-3-7-4-5-9(8(6-7)23-2)24-14-10(16)12(18)15(25(20,21)22)13(19)11(14)17/h3-6H,1H2,2H3,(H,20,21,22). The van der Waals surface area contributed by atoms with Crippen LogP contribution in [0.25, 0.3) is 6.08 Å². The number of hydrogen-bond donors (Lipinski definition) is 1. The van der Waals surface area contributed by atoms with Crippen LogP contribution in [-0.4, -0.2) is 20.1 Å². The number of methoxy groups -OCH3 is 1. The molecule has 0 heterocycles. The number of halogens is 4. The highest BCUT2D eigenvalue weighted by Gasteiger charge is 2.32.